The molecular weight excluding hydrogens is 406 g/mol. The van der Waals surface area contributed by atoms with Crippen LogP contribution >= 0.6 is 0 Å². The summed E-state index contributed by atoms with van der Waals surface area (Å²) >= 11 is 0. The van der Waals surface area contributed by atoms with Gasteiger partial charge in [-0.05, 0) is 63.4 Å². The Bertz CT molecular complexity index is 991. The normalized spacial score (nSPS) is 18.7. The smallest absolute Gasteiger partial charge is 0.410 e. The van der Waals surface area contributed by atoms with Crippen molar-refractivity contribution in [2.45, 2.75) is 51.8 Å². The van der Waals surface area contributed by atoms with Gasteiger partial charge in [-0.2, -0.15) is 0 Å². The van der Waals surface area contributed by atoms with E-state index in [2.05, 4.69) is 5.32 Å². The van der Waals surface area contributed by atoms with Gasteiger partial charge in [-0.25, -0.2) is 9.69 Å². The van der Waals surface area contributed by atoms with Crippen molar-refractivity contribution in [1.29, 1.82) is 0 Å². The Hall–Kier alpha value is -3.19. The maximum atomic E-state index is 12.6. The number of hydrogen-bond acceptors (Lipinski definition) is 5. The molecule has 1 unspecified atom stereocenters. The minimum absolute atomic E-state index is 0.187. The van der Waals surface area contributed by atoms with Gasteiger partial charge in [-0.3, -0.25) is 9.59 Å². The van der Waals surface area contributed by atoms with E-state index in [9.17, 15) is 14.4 Å². The van der Waals surface area contributed by atoms with Crippen LogP contribution in [0.2, 0.25) is 0 Å². The molecule has 0 bridgehead atoms. The number of piperidine rings is 1. The molecule has 3 amide bonds. The average Bonchev–Trinajstić information content (AvgIpc) is 3.02. The van der Waals surface area contributed by atoms with Crippen molar-refractivity contribution in [3.63, 3.8) is 0 Å². The van der Waals surface area contributed by atoms with E-state index < -0.39 is 5.60 Å². The van der Waals surface area contributed by atoms with Crippen LogP contribution in [0.5, 0.6) is 0 Å². The molecule has 7 heteroatoms. The first-order valence-corrected chi connectivity index (χ1v) is 11.0. The highest BCUT2D eigenvalue weighted by atomic mass is 16.6. The van der Waals surface area contributed by atoms with Gasteiger partial charge >= 0.3 is 6.09 Å². The molecule has 1 atom stereocenters. The van der Waals surface area contributed by atoms with Gasteiger partial charge in [0, 0.05) is 25.7 Å². The number of anilines is 1. The summed E-state index contributed by atoms with van der Waals surface area (Å²) < 4.78 is 5.49. The molecule has 0 saturated carbocycles. The molecule has 0 radical (unpaired) electrons. The van der Waals surface area contributed by atoms with Crippen LogP contribution in [0.3, 0.4) is 0 Å². The number of likely N-dealkylation sites (tertiary alicyclic amines) is 1. The highest BCUT2D eigenvalue weighted by molar-refractivity contribution is 6.34. The molecule has 2 aromatic carbocycles. The van der Waals surface area contributed by atoms with Crippen LogP contribution in [-0.4, -0.2) is 47.5 Å². The van der Waals surface area contributed by atoms with Gasteiger partial charge in [0.25, 0.3) is 11.8 Å². The van der Waals surface area contributed by atoms with Gasteiger partial charge in [0.2, 0.25) is 0 Å². The fraction of sp³-hybridized carbons (Fsp3) is 0.400. The third-order valence-corrected chi connectivity index (χ3v) is 5.66. The lowest BCUT2D eigenvalue weighted by Gasteiger charge is -2.34. The SMILES string of the molecule is CC(C)(C)OC(=O)N1CCCC(NCc2ccc(N3C(=O)c4ccccc4C3=O)cc2)C1. The lowest BCUT2D eigenvalue weighted by molar-refractivity contribution is 0.0187. The van der Waals surface area contributed by atoms with E-state index in [4.69, 9.17) is 4.74 Å². The number of nitrogens with one attached hydrogen (secondary N) is 1. The number of ether oxygens (including phenoxy) is 1. The van der Waals surface area contributed by atoms with Crippen molar-refractivity contribution in [2.24, 2.45) is 0 Å². The molecule has 0 spiro atoms. The number of imide groups is 1. The first-order valence-electron chi connectivity index (χ1n) is 11.0. The zero-order valence-corrected chi connectivity index (χ0v) is 18.8. The van der Waals surface area contributed by atoms with Crippen LogP contribution in [0, 0.1) is 0 Å². The van der Waals surface area contributed by atoms with Crippen molar-refractivity contribution in [3.05, 3.63) is 65.2 Å². The zero-order valence-electron chi connectivity index (χ0n) is 18.8. The van der Waals surface area contributed by atoms with Crippen LogP contribution in [0.25, 0.3) is 0 Å². The molecule has 168 valence electrons. The summed E-state index contributed by atoms with van der Waals surface area (Å²) in [7, 11) is 0. The number of fused-ring (bicyclic) bond motifs is 1. The van der Waals surface area contributed by atoms with Gasteiger partial charge in [0.1, 0.15) is 5.60 Å². The van der Waals surface area contributed by atoms with E-state index in [-0.39, 0.29) is 23.9 Å². The van der Waals surface area contributed by atoms with Crippen molar-refractivity contribution < 1.29 is 19.1 Å². The van der Waals surface area contributed by atoms with E-state index >= 15 is 0 Å². The third-order valence-electron chi connectivity index (χ3n) is 5.66. The second-order valence-corrected chi connectivity index (χ2v) is 9.30. The summed E-state index contributed by atoms with van der Waals surface area (Å²) in [6, 6.07) is 14.5. The molecule has 2 aliphatic heterocycles. The molecule has 4 rings (SSSR count). The Morgan fingerprint density at radius 2 is 1.66 bits per heavy atom. The van der Waals surface area contributed by atoms with Crippen molar-refractivity contribution in [3.8, 4) is 0 Å². The fourth-order valence-electron chi connectivity index (χ4n) is 4.08. The molecule has 0 aliphatic carbocycles. The van der Waals surface area contributed by atoms with Crippen LogP contribution in [0.1, 0.15) is 59.9 Å². The van der Waals surface area contributed by atoms with Crippen LogP contribution in [-0.2, 0) is 11.3 Å². The Kier molecular flexibility index (Phi) is 6.02. The summed E-state index contributed by atoms with van der Waals surface area (Å²) in [5, 5.41) is 3.51. The number of hydrogen-bond donors (Lipinski definition) is 1. The summed E-state index contributed by atoms with van der Waals surface area (Å²) in [5.74, 6) is -0.582. The van der Waals surface area contributed by atoms with E-state index in [0.29, 0.717) is 36.4 Å². The Balaban J connectivity index is 1.34. The fourth-order valence-corrected chi connectivity index (χ4v) is 4.08. The van der Waals surface area contributed by atoms with E-state index in [1.165, 1.54) is 4.90 Å². The first-order chi connectivity index (χ1) is 15.2. The van der Waals surface area contributed by atoms with Crippen molar-refractivity contribution in [2.75, 3.05) is 18.0 Å². The van der Waals surface area contributed by atoms with Crippen LogP contribution < -0.4 is 10.2 Å². The lowest BCUT2D eigenvalue weighted by atomic mass is 10.1. The lowest BCUT2D eigenvalue weighted by Crippen LogP contribution is -2.49. The molecular formula is C25H29N3O4. The highest BCUT2D eigenvalue weighted by Gasteiger charge is 2.36. The van der Waals surface area contributed by atoms with Gasteiger partial charge < -0.3 is 15.0 Å². The number of benzene rings is 2. The molecule has 2 heterocycles. The standard InChI is InChI=1S/C25H29N3O4/c1-25(2,3)32-24(31)27-14-6-7-18(16-27)26-15-17-10-12-19(13-11-17)28-22(29)20-8-4-5-9-21(20)23(28)30/h4-5,8-13,18,26H,6-7,14-16H2,1-3H3. The number of amides is 3. The second kappa shape index (κ2) is 8.74. The van der Waals surface area contributed by atoms with E-state index in [1.54, 1.807) is 41.3 Å². The quantitative estimate of drug-likeness (QED) is 0.735. The van der Waals surface area contributed by atoms with Crippen LogP contribution in [0.4, 0.5) is 10.5 Å². The minimum atomic E-state index is -0.501. The molecule has 1 saturated heterocycles. The Morgan fingerprint density at radius 3 is 2.25 bits per heavy atom. The molecule has 2 aromatic rings. The summed E-state index contributed by atoms with van der Waals surface area (Å²) in [4.78, 5) is 40.6. The summed E-state index contributed by atoms with van der Waals surface area (Å²) in [6.07, 6.45) is 1.65. The number of carbonyl (C=O) groups excluding carboxylic acids is 3. The van der Waals surface area contributed by atoms with Crippen molar-refractivity contribution >= 4 is 23.6 Å². The predicted octanol–water partition coefficient (Wildman–Crippen LogP) is 3.98. The molecule has 1 fully saturated rings. The molecule has 32 heavy (non-hydrogen) atoms. The van der Waals surface area contributed by atoms with Gasteiger partial charge in [-0.15, -0.1) is 0 Å². The Labute approximate surface area is 188 Å². The monoisotopic (exact) mass is 435 g/mol. The maximum Gasteiger partial charge on any atom is 0.410 e. The molecule has 1 N–H and O–H groups in total. The first kappa shape index (κ1) is 22.0. The van der Waals surface area contributed by atoms with E-state index in [0.717, 1.165) is 18.4 Å². The number of nitrogens with zero attached hydrogens (tertiary/aromatic N) is 2. The van der Waals surface area contributed by atoms with Gasteiger partial charge in [-0.1, -0.05) is 24.3 Å². The number of rotatable bonds is 4. The van der Waals surface area contributed by atoms with Gasteiger partial charge in [0.15, 0.2) is 0 Å². The average molecular weight is 436 g/mol. The van der Waals surface area contributed by atoms with Gasteiger partial charge in [0.05, 0.1) is 16.8 Å². The maximum absolute atomic E-state index is 12.6. The molecule has 0 aromatic heterocycles. The molecule has 7 nitrogen and oxygen atoms in total. The topological polar surface area (TPSA) is 79.0 Å². The van der Waals surface area contributed by atoms with Crippen molar-refractivity contribution in [1.82, 2.24) is 10.2 Å². The summed E-state index contributed by atoms with van der Waals surface area (Å²) in [6.45, 7) is 7.57. The summed E-state index contributed by atoms with van der Waals surface area (Å²) in [5.41, 5.74) is 1.98. The highest BCUT2D eigenvalue weighted by Crippen LogP contribution is 2.28. The number of carbonyl (C=O) groups is 3. The van der Waals surface area contributed by atoms with E-state index in [1.807, 2.05) is 32.9 Å². The van der Waals surface area contributed by atoms with Crippen LogP contribution in [0.15, 0.2) is 48.5 Å². The molecule has 2 aliphatic rings. The predicted molar refractivity (Wildman–Crippen MR) is 122 cm³/mol. The zero-order chi connectivity index (χ0) is 22.9. The largest absolute Gasteiger partial charge is 0.444 e. The Morgan fingerprint density at radius 1 is 1.03 bits per heavy atom. The third kappa shape index (κ3) is 4.67. The second-order valence-electron chi connectivity index (χ2n) is 9.30. The minimum Gasteiger partial charge on any atom is -0.444 e.